The molecule has 0 atom stereocenters. The molecule has 18 heavy (non-hydrogen) atoms. The van der Waals surface area contributed by atoms with Gasteiger partial charge in [-0.2, -0.15) is 10.2 Å². The van der Waals surface area contributed by atoms with E-state index in [1.807, 2.05) is 24.3 Å². The molecule has 1 aromatic carbocycles. The van der Waals surface area contributed by atoms with Crippen LogP contribution in [-0.2, 0) is 6.54 Å². The second-order valence-electron chi connectivity index (χ2n) is 3.57. The molecule has 1 aromatic heterocycles. The lowest BCUT2D eigenvalue weighted by molar-refractivity contribution is 0.685. The number of rotatable bonds is 4. The summed E-state index contributed by atoms with van der Waals surface area (Å²) in [5, 5.41) is 8.10. The summed E-state index contributed by atoms with van der Waals surface area (Å²) in [4.78, 5) is 3.90. The van der Waals surface area contributed by atoms with Crippen LogP contribution in [0.5, 0.6) is 0 Å². The monoisotopic (exact) mass is 260 g/mol. The van der Waals surface area contributed by atoms with Crippen LogP contribution < -0.4 is 11.2 Å². The van der Waals surface area contributed by atoms with Gasteiger partial charge in [0.25, 0.3) is 0 Å². The molecule has 0 unspecified atom stereocenters. The molecule has 92 valence electrons. The van der Waals surface area contributed by atoms with Crippen molar-refractivity contribution in [2.24, 2.45) is 10.8 Å². The first-order valence-corrected chi connectivity index (χ1v) is 5.65. The minimum atomic E-state index is 0.144. The Hall–Kier alpha value is -2.28. The number of hydrogen-bond acceptors (Lipinski definition) is 4. The summed E-state index contributed by atoms with van der Waals surface area (Å²) in [6.07, 6.45) is 4.84. The number of nitrogens with one attached hydrogen (secondary N) is 1. The lowest BCUT2D eigenvalue weighted by Crippen LogP contribution is -2.23. The van der Waals surface area contributed by atoms with Gasteiger partial charge >= 0.3 is 0 Å². The van der Waals surface area contributed by atoms with Crippen molar-refractivity contribution in [3.8, 4) is 0 Å². The molecule has 2 aromatic rings. The zero-order valence-electron chi connectivity index (χ0n) is 9.52. The van der Waals surface area contributed by atoms with Gasteiger partial charge in [-0.25, -0.2) is 9.67 Å². The molecular weight excluding hydrogens is 248 g/mol. The molecule has 7 heteroatoms. The van der Waals surface area contributed by atoms with Crippen LogP contribution in [0.3, 0.4) is 0 Å². The van der Waals surface area contributed by atoms with Crippen LogP contribution in [0.15, 0.2) is 42.0 Å². The number of aromatic nitrogens is 3. The van der Waals surface area contributed by atoms with E-state index in [1.165, 1.54) is 6.33 Å². The first-order chi connectivity index (χ1) is 8.74. The minimum absolute atomic E-state index is 0.144. The molecule has 1 heterocycles. The molecular formula is C11H12N6S. The Morgan fingerprint density at radius 1 is 1.56 bits per heavy atom. The number of hydrogen-bond donors (Lipinski definition) is 2. The van der Waals surface area contributed by atoms with Gasteiger partial charge in [0.15, 0.2) is 5.11 Å². The summed E-state index contributed by atoms with van der Waals surface area (Å²) in [5.74, 6) is 0. The van der Waals surface area contributed by atoms with E-state index in [9.17, 15) is 0 Å². The second-order valence-corrected chi connectivity index (χ2v) is 4.01. The van der Waals surface area contributed by atoms with E-state index in [0.29, 0.717) is 6.54 Å². The van der Waals surface area contributed by atoms with Crippen molar-refractivity contribution in [1.82, 2.24) is 20.2 Å². The fourth-order valence-electron chi connectivity index (χ4n) is 1.44. The van der Waals surface area contributed by atoms with Crippen molar-refractivity contribution in [3.05, 3.63) is 48.0 Å². The maximum absolute atomic E-state index is 5.26. The molecule has 6 nitrogen and oxygen atoms in total. The van der Waals surface area contributed by atoms with Crippen LogP contribution in [0, 0.1) is 0 Å². The number of hydrazone groups is 1. The molecule has 0 fully saturated rings. The highest BCUT2D eigenvalue weighted by Gasteiger charge is 1.96. The normalized spacial score (nSPS) is 10.7. The maximum Gasteiger partial charge on any atom is 0.184 e. The van der Waals surface area contributed by atoms with Crippen LogP contribution in [0.1, 0.15) is 11.1 Å². The average molecular weight is 260 g/mol. The summed E-state index contributed by atoms with van der Waals surface area (Å²) in [6, 6.07) is 7.91. The molecule has 0 aliphatic carbocycles. The molecule has 3 N–H and O–H groups in total. The van der Waals surface area contributed by atoms with Crippen molar-refractivity contribution >= 4 is 23.5 Å². The fourth-order valence-corrected chi connectivity index (χ4v) is 1.50. The van der Waals surface area contributed by atoms with Gasteiger partial charge in [0, 0.05) is 0 Å². The molecule has 0 amide bonds. The predicted molar refractivity (Wildman–Crippen MR) is 73.1 cm³/mol. The van der Waals surface area contributed by atoms with E-state index in [-0.39, 0.29) is 5.11 Å². The van der Waals surface area contributed by atoms with E-state index < -0.39 is 0 Å². The Morgan fingerprint density at radius 3 is 3.17 bits per heavy atom. The van der Waals surface area contributed by atoms with Crippen molar-refractivity contribution in [2.45, 2.75) is 6.54 Å². The summed E-state index contributed by atoms with van der Waals surface area (Å²) in [5.41, 5.74) is 9.84. The van der Waals surface area contributed by atoms with Gasteiger partial charge < -0.3 is 5.73 Å². The first kappa shape index (κ1) is 12.2. The van der Waals surface area contributed by atoms with Gasteiger partial charge in [0.05, 0.1) is 12.8 Å². The topological polar surface area (TPSA) is 81.1 Å². The Bertz CT molecular complexity index is 548. The van der Waals surface area contributed by atoms with Crippen LogP contribution in [-0.4, -0.2) is 26.1 Å². The van der Waals surface area contributed by atoms with Gasteiger partial charge in [-0.3, -0.25) is 5.43 Å². The average Bonchev–Trinajstić information content (AvgIpc) is 2.82. The molecule has 0 spiro atoms. The summed E-state index contributed by atoms with van der Waals surface area (Å²) >= 11 is 4.65. The van der Waals surface area contributed by atoms with Crippen molar-refractivity contribution < 1.29 is 0 Å². The van der Waals surface area contributed by atoms with E-state index in [4.69, 9.17) is 5.73 Å². The predicted octanol–water partition coefficient (Wildman–Crippen LogP) is 0.493. The molecule has 0 saturated carbocycles. The smallest absolute Gasteiger partial charge is 0.184 e. The Kier molecular flexibility index (Phi) is 3.98. The van der Waals surface area contributed by atoms with E-state index in [2.05, 4.69) is 32.8 Å². The summed E-state index contributed by atoms with van der Waals surface area (Å²) < 4.78 is 1.75. The Morgan fingerprint density at radius 2 is 2.44 bits per heavy atom. The van der Waals surface area contributed by atoms with E-state index in [1.54, 1.807) is 17.2 Å². The van der Waals surface area contributed by atoms with Gasteiger partial charge in [-0.1, -0.05) is 18.2 Å². The summed E-state index contributed by atoms with van der Waals surface area (Å²) in [6.45, 7) is 0.671. The third-order valence-electron chi connectivity index (χ3n) is 2.15. The van der Waals surface area contributed by atoms with Gasteiger partial charge in [-0.05, 0) is 29.4 Å². The Balaban J connectivity index is 2.05. The zero-order valence-corrected chi connectivity index (χ0v) is 10.3. The van der Waals surface area contributed by atoms with Crippen LogP contribution in [0.25, 0.3) is 0 Å². The number of nitrogens with zero attached hydrogens (tertiary/aromatic N) is 4. The lowest BCUT2D eigenvalue weighted by Gasteiger charge is -2.02. The minimum Gasteiger partial charge on any atom is -0.375 e. The SMILES string of the molecule is NC(=S)NN=Cc1cccc(Cn2cncn2)c1. The number of thiocarbonyl (C=S) groups is 1. The zero-order chi connectivity index (χ0) is 12.8. The first-order valence-electron chi connectivity index (χ1n) is 5.24. The number of benzene rings is 1. The third kappa shape index (κ3) is 3.63. The summed E-state index contributed by atoms with van der Waals surface area (Å²) in [7, 11) is 0. The second kappa shape index (κ2) is 5.87. The molecule has 0 aliphatic heterocycles. The molecule has 2 rings (SSSR count). The molecule has 0 aliphatic rings. The van der Waals surface area contributed by atoms with E-state index >= 15 is 0 Å². The van der Waals surface area contributed by atoms with Crippen molar-refractivity contribution in [3.63, 3.8) is 0 Å². The quantitative estimate of drug-likeness (QED) is 0.475. The van der Waals surface area contributed by atoms with Crippen LogP contribution in [0.4, 0.5) is 0 Å². The maximum atomic E-state index is 5.26. The number of nitrogens with two attached hydrogens (primary N) is 1. The largest absolute Gasteiger partial charge is 0.375 e. The van der Waals surface area contributed by atoms with E-state index in [0.717, 1.165) is 11.1 Å². The van der Waals surface area contributed by atoms with Crippen LogP contribution >= 0.6 is 12.2 Å². The fraction of sp³-hybridized carbons (Fsp3) is 0.0909. The molecule has 0 bridgehead atoms. The highest BCUT2D eigenvalue weighted by molar-refractivity contribution is 7.80. The van der Waals surface area contributed by atoms with Gasteiger partial charge in [0.2, 0.25) is 0 Å². The highest BCUT2D eigenvalue weighted by Crippen LogP contribution is 2.04. The van der Waals surface area contributed by atoms with Gasteiger partial charge in [0.1, 0.15) is 12.7 Å². The standard InChI is InChI=1S/C11H12N6S/c12-11(18)16-14-5-9-2-1-3-10(4-9)6-17-8-13-7-15-17/h1-5,7-8H,6H2,(H3,12,16,18). The third-order valence-corrected chi connectivity index (χ3v) is 2.24. The molecule has 0 radical (unpaired) electrons. The van der Waals surface area contributed by atoms with Gasteiger partial charge in [-0.15, -0.1) is 0 Å². The van der Waals surface area contributed by atoms with Crippen molar-refractivity contribution in [1.29, 1.82) is 0 Å². The van der Waals surface area contributed by atoms with Crippen molar-refractivity contribution in [2.75, 3.05) is 0 Å². The molecule has 0 saturated heterocycles. The highest BCUT2D eigenvalue weighted by atomic mass is 32.1. The Labute approximate surface area is 110 Å². The lowest BCUT2D eigenvalue weighted by atomic mass is 10.1. The van der Waals surface area contributed by atoms with Crippen LogP contribution in [0.2, 0.25) is 0 Å².